The van der Waals surface area contributed by atoms with Gasteiger partial charge in [-0.2, -0.15) is 0 Å². The second-order valence-electron chi connectivity index (χ2n) is 5.42. The molecule has 0 amide bonds. The molecule has 0 saturated heterocycles. The number of aromatic nitrogens is 1. The smallest absolute Gasteiger partial charge is 0.187 e. The zero-order valence-electron chi connectivity index (χ0n) is 13.0. The van der Waals surface area contributed by atoms with Gasteiger partial charge in [-0.25, -0.2) is 4.98 Å². The van der Waals surface area contributed by atoms with Crippen LogP contribution in [-0.4, -0.2) is 19.1 Å². The third kappa shape index (κ3) is 3.12. The lowest BCUT2D eigenvalue weighted by Gasteiger charge is -2.12. The number of benzene rings is 2. The van der Waals surface area contributed by atoms with Crippen molar-refractivity contribution in [3.05, 3.63) is 59.5 Å². The Morgan fingerprint density at radius 3 is 2.41 bits per heavy atom. The van der Waals surface area contributed by atoms with Crippen LogP contribution in [0.2, 0.25) is 0 Å². The standard InChI is InChI=1S/C18H19N3S/c1-13-6-4-5-7-16(13)17-12-22-18(20-17)19-14-8-10-15(11-9-14)21(2)3/h4-12H,1-3H3,(H,19,20). The molecule has 0 aliphatic carbocycles. The van der Waals surface area contributed by atoms with Crippen molar-refractivity contribution in [2.45, 2.75) is 6.92 Å². The van der Waals surface area contributed by atoms with Gasteiger partial charge >= 0.3 is 0 Å². The van der Waals surface area contributed by atoms with Gasteiger partial charge in [0.2, 0.25) is 0 Å². The number of hydrogen-bond acceptors (Lipinski definition) is 4. The van der Waals surface area contributed by atoms with Crippen LogP contribution in [0.15, 0.2) is 53.9 Å². The summed E-state index contributed by atoms with van der Waals surface area (Å²) in [4.78, 5) is 6.78. The lowest BCUT2D eigenvalue weighted by atomic mass is 10.1. The quantitative estimate of drug-likeness (QED) is 0.741. The molecule has 3 aromatic rings. The molecule has 1 aromatic heterocycles. The van der Waals surface area contributed by atoms with Crippen LogP contribution >= 0.6 is 11.3 Å². The van der Waals surface area contributed by atoms with Crippen LogP contribution in [0.5, 0.6) is 0 Å². The summed E-state index contributed by atoms with van der Waals surface area (Å²) in [5.74, 6) is 0. The largest absolute Gasteiger partial charge is 0.378 e. The Labute approximate surface area is 135 Å². The average molecular weight is 309 g/mol. The van der Waals surface area contributed by atoms with Gasteiger partial charge in [0.15, 0.2) is 5.13 Å². The maximum Gasteiger partial charge on any atom is 0.187 e. The fraction of sp³-hybridized carbons (Fsp3) is 0.167. The zero-order valence-corrected chi connectivity index (χ0v) is 13.8. The molecule has 0 aliphatic rings. The molecule has 0 radical (unpaired) electrons. The number of nitrogens with one attached hydrogen (secondary N) is 1. The Kier molecular flexibility index (Phi) is 4.11. The summed E-state index contributed by atoms with van der Waals surface area (Å²) in [6, 6.07) is 16.7. The highest BCUT2D eigenvalue weighted by molar-refractivity contribution is 7.14. The van der Waals surface area contributed by atoms with E-state index in [1.807, 2.05) is 14.1 Å². The van der Waals surface area contributed by atoms with Crippen LogP contribution < -0.4 is 10.2 Å². The SMILES string of the molecule is Cc1ccccc1-c1csc(Nc2ccc(N(C)C)cc2)n1. The molecule has 0 spiro atoms. The second kappa shape index (κ2) is 6.20. The molecule has 0 unspecified atom stereocenters. The fourth-order valence-corrected chi connectivity index (χ4v) is 3.01. The lowest BCUT2D eigenvalue weighted by molar-refractivity contribution is 1.13. The summed E-state index contributed by atoms with van der Waals surface area (Å²) in [6.07, 6.45) is 0. The van der Waals surface area contributed by atoms with E-state index in [0.29, 0.717) is 0 Å². The van der Waals surface area contributed by atoms with Crippen molar-refractivity contribution < 1.29 is 0 Å². The number of aryl methyl sites for hydroxylation is 1. The Morgan fingerprint density at radius 2 is 1.73 bits per heavy atom. The maximum absolute atomic E-state index is 4.69. The van der Waals surface area contributed by atoms with Gasteiger partial charge in [0.25, 0.3) is 0 Å². The Morgan fingerprint density at radius 1 is 1.00 bits per heavy atom. The van der Waals surface area contributed by atoms with Crippen molar-refractivity contribution in [2.24, 2.45) is 0 Å². The average Bonchev–Trinajstić information content (AvgIpc) is 2.96. The molecule has 1 N–H and O–H groups in total. The van der Waals surface area contributed by atoms with E-state index in [9.17, 15) is 0 Å². The van der Waals surface area contributed by atoms with Crippen molar-refractivity contribution in [3.8, 4) is 11.3 Å². The van der Waals surface area contributed by atoms with Crippen LogP contribution in [0, 0.1) is 6.92 Å². The Hall–Kier alpha value is -2.33. The Bertz CT molecular complexity index is 760. The topological polar surface area (TPSA) is 28.2 Å². The van der Waals surface area contributed by atoms with Gasteiger partial charge in [-0.05, 0) is 36.8 Å². The number of thiazole rings is 1. The van der Waals surface area contributed by atoms with Gasteiger partial charge in [-0.1, -0.05) is 24.3 Å². The van der Waals surface area contributed by atoms with Crippen molar-refractivity contribution in [1.29, 1.82) is 0 Å². The maximum atomic E-state index is 4.69. The van der Waals surface area contributed by atoms with Crippen LogP contribution in [-0.2, 0) is 0 Å². The van der Waals surface area contributed by atoms with Gasteiger partial charge in [0.05, 0.1) is 5.69 Å². The number of nitrogens with zero attached hydrogens (tertiary/aromatic N) is 2. The van der Waals surface area contributed by atoms with Gasteiger partial charge in [-0.15, -0.1) is 11.3 Å². The van der Waals surface area contributed by atoms with E-state index >= 15 is 0 Å². The first-order valence-corrected chi connectivity index (χ1v) is 8.07. The molecule has 0 atom stereocenters. The second-order valence-corrected chi connectivity index (χ2v) is 6.28. The van der Waals surface area contributed by atoms with Gasteiger partial charge < -0.3 is 10.2 Å². The predicted octanol–water partition coefficient (Wildman–Crippen LogP) is 4.93. The van der Waals surface area contributed by atoms with Crippen molar-refractivity contribution in [3.63, 3.8) is 0 Å². The molecule has 0 saturated carbocycles. The monoisotopic (exact) mass is 309 g/mol. The van der Waals surface area contributed by atoms with Gasteiger partial charge in [0, 0.05) is 36.4 Å². The molecule has 0 aliphatic heterocycles. The number of rotatable bonds is 4. The fourth-order valence-electron chi connectivity index (χ4n) is 2.28. The molecule has 2 aromatic carbocycles. The molecule has 22 heavy (non-hydrogen) atoms. The van der Waals surface area contributed by atoms with Gasteiger partial charge in [0.1, 0.15) is 0 Å². The number of hydrogen-bond donors (Lipinski definition) is 1. The molecule has 1 heterocycles. The molecule has 0 bridgehead atoms. The van der Waals surface area contributed by atoms with E-state index in [1.54, 1.807) is 11.3 Å². The van der Waals surface area contributed by atoms with E-state index in [-0.39, 0.29) is 0 Å². The molecule has 4 heteroatoms. The molecular formula is C18H19N3S. The third-order valence-corrected chi connectivity index (χ3v) is 4.32. The van der Waals surface area contributed by atoms with Crippen LogP contribution in [0.3, 0.4) is 0 Å². The summed E-state index contributed by atoms with van der Waals surface area (Å²) in [6.45, 7) is 2.11. The van der Waals surface area contributed by atoms with E-state index in [2.05, 4.69) is 71.1 Å². The minimum atomic E-state index is 0.913. The summed E-state index contributed by atoms with van der Waals surface area (Å²) in [5.41, 5.74) is 5.70. The first-order valence-electron chi connectivity index (χ1n) is 7.19. The first kappa shape index (κ1) is 14.6. The van der Waals surface area contributed by atoms with E-state index in [0.717, 1.165) is 16.5 Å². The summed E-state index contributed by atoms with van der Waals surface area (Å²) in [5, 5.41) is 6.38. The highest BCUT2D eigenvalue weighted by Gasteiger charge is 2.07. The minimum absolute atomic E-state index is 0.913. The molecular weight excluding hydrogens is 290 g/mol. The molecule has 0 fully saturated rings. The van der Waals surface area contributed by atoms with Crippen molar-refractivity contribution in [2.75, 3.05) is 24.3 Å². The van der Waals surface area contributed by atoms with Crippen LogP contribution in [0.4, 0.5) is 16.5 Å². The zero-order chi connectivity index (χ0) is 15.5. The van der Waals surface area contributed by atoms with E-state index in [4.69, 9.17) is 4.98 Å². The third-order valence-electron chi connectivity index (χ3n) is 3.56. The minimum Gasteiger partial charge on any atom is -0.378 e. The Balaban J connectivity index is 1.78. The molecule has 3 rings (SSSR count). The first-order chi connectivity index (χ1) is 10.6. The van der Waals surface area contributed by atoms with E-state index < -0.39 is 0 Å². The van der Waals surface area contributed by atoms with Crippen molar-refractivity contribution in [1.82, 2.24) is 4.98 Å². The highest BCUT2D eigenvalue weighted by Crippen LogP contribution is 2.29. The van der Waals surface area contributed by atoms with E-state index in [1.165, 1.54) is 16.8 Å². The van der Waals surface area contributed by atoms with Crippen LogP contribution in [0.1, 0.15) is 5.56 Å². The number of anilines is 3. The molecule has 112 valence electrons. The lowest BCUT2D eigenvalue weighted by Crippen LogP contribution is -2.08. The summed E-state index contributed by atoms with van der Waals surface area (Å²) in [7, 11) is 4.08. The van der Waals surface area contributed by atoms with Crippen molar-refractivity contribution >= 4 is 27.8 Å². The highest BCUT2D eigenvalue weighted by atomic mass is 32.1. The summed E-state index contributed by atoms with van der Waals surface area (Å²) < 4.78 is 0. The van der Waals surface area contributed by atoms with Gasteiger partial charge in [-0.3, -0.25) is 0 Å². The summed E-state index contributed by atoms with van der Waals surface area (Å²) >= 11 is 1.63. The molecule has 3 nitrogen and oxygen atoms in total. The predicted molar refractivity (Wildman–Crippen MR) is 96.3 cm³/mol. The van der Waals surface area contributed by atoms with Crippen LogP contribution in [0.25, 0.3) is 11.3 Å². The normalized spacial score (nSPS) is 10.5.